The first-order valence-corrected chi connectivity index (χ1v) is 11.4. The third-order valence-electron chi connectivity index (χ3n) is 5.90. The van der Waals surface area contributed by atoms with Crippen molar-refractivity contribution in [1.82, 2.24) is 9.21 Å². The number of carbonyl (C=O) groups excluding carboxylic acids is 1. The van der Waals surface area contributed by atoms with E-state index in [0.29, 0.717) is 5.56 Å². The van der Waals surface area contributed by atoms with E-state index >= 15 is 0 Å². The van der Waals surface area contributed by atoms with Crippen molar-refractivity contribution in [2.24, 2.45) is 5.41 Å². The zero-order valence-corrected chi connectivity index (χ0v) is 18.2. The zero-order chi connectivity index (χ0) is 21.1. The molecule has 29 heavy (non-hydrogen) atoms. The summed E-state index contributed by atoms with van der Waals surface area (Å²) < 4.78 is 31.5. The van der Waals surface area contributed by atoms with Crippen LogP contribution in [0.2, 0.25) is 0 Å². The molecule has 0 N–H and O–H groups in total. The van der Waals surface area contributed by atoms with Gasteiger partial charge < -0.3 is 9.64 Å². The number of ether oxygens (including phenoxy) is 1. The number of methoxy groups -OCH3 is 1. The van der Waals surface area contributed by atoms with Gasteiger partial charge in [-0.1, -0.05) is 18.2 Å². The maximum atomic E-state index is 12.8. The third kappa shape index (κ3) is 4.73. The van der Waals surface area contributed by atoms with E-state index in [1.165, 1.54) is 27.6 Å². The van der Waals surface area contributed by atoms with Crippen LogP contribution in [0.5, 0.6) is 5.75 Å². The molecule has 1 aliphatic carbocycles. The van der Waals surface area contributed by atoms with Crippen LogP contribution >= 0.6 is 0 Å². The topological polar surface area (TPSA) is 66.9 Å². The standard InChI is InChI=1S/C22H30N2O4S/c1-23(2)29(26,27)20-16-18(8-10-19(20)28-3)9-11-21(25)24-15-7-14-22(17-24)12-5-4-6-13-22/h4-5,8-11,16H,6-7,12-15,17H2,1-3H3/b11-9+. The highest BCUT2D eigenvalue weighted by Crippen LogP contribution is 2.40. The van der Waals surface area contributed by atoms with Gasteiger partial charge in [0.15, 0.2) is 0 Å². The molecule has 0 radical (unpaired) electrons. The Balaban J connectivity index is 1.77. The first-order chi connectivity index (χ1) is 13.8. The highest BCUT2D eigenvalue weighted by atomic mass is 32.2. The van der Waals surface area contributed by atoms with Crippen LogP contribution in [-0.4, -0.2) is 57.8 Å². The molecule has 3 rings (SSSR count). The van der Waals surface area contributed by atoms with Gasteiger partial charge in [-0.05, 0) is 61.3 Å². The maximum absolute atomic E-state index is 12.8. The van der Waals surface area contributed by atoms with Gasteiger partial charge in [0.2, 0.25) is 15.9 Å². The zero-order valence-electron chi connectivity index (χ0n) is 17.4. The fraction of sp³-hybridized carbons (Fsp3) is 0.500. The molecule has 0 saturated carbocycles. The molecule has 1 spiro atoms. The minimum atomic E-state index is -3.65. The summed E-state index contributed by atoms with van der Waals surface area (Å²) >= 11 is 0. The molecule has 1 fully saturated rings. The Morgan fingerprint density at radius 1 is 1.24 bits per heavy atom. The molecule has 1 aromatic carbocycles. The van der Waals surface area contributed by atoms with Crippen LogP contribution in [0.4, 0.5) is 0 Å². The largest absolute Gasteiger partial charge is 0.495 e. The summed E-state index contributed by atoms with van der Waals surface area (Å²) in [6.45, 7) is 1.57. The van der Waals surface area contributed by atoms with Crippen LogP contribution in [0, 0.1) is 5.41 Å². The van der Waals surface area contributed by atoms with Crippen molar-refractivity contribution in [2.75, 3.05) is 34.3 Å². The van der Waals surface area contributed by atoms with Crippen LogP contribution in [0.15, 0.2) is 41.3 Å². The van der Waals surface area contributed by atoms with Gasteiger partial charge >= 0.3 is 0 Å². The number of amides is 1. The van der Waals surface area contributed by atoms with Crippen LogP contribution < -0.4 is 4.74 Å². The lowest BCUT2D eigenvalue weighted by Crippen LogP contribution is -2.45. The Labute approximate surface area is 173 Å². The number of allylic oxidation sites excluding steroid dienone is 2. The molecule has 6 nitrogen and oxygen atoms in total. The molecule has 1 aliphatic heterocycles. The molecular formula is C22H30N2O4S. The van der Waals surface area contributed by atoms with E-state index in [-0.39, 0.29) is 22.0 Å². The molecule has 1 atom stereocenters. The number of carbonyl (C=O) groups is 1. The monoisotopic (exact) mass is 418 g/mol. The van der Waals surface area contributed by atoms with Crippen LogP contribution in [0.3, 0.4) is 0 Å². The number of sulfonamides is 1. The fourth-order valence-electron chi connectivity index (χ4n) is 4.18. The number of rotatable bonds is 5. The van der Waals surface area contributed by atoms with Gasteiger partial charge in [-0.2, -0.15) is 0 Å². The molecular weight excluding hydrogens is 388 g/mol. The summed E-state index contributed by atoms with van der Waals surface area (Å²) in [5.41, 5.74) is 0.871. The van der Waals surface area contributed by atoms with Gasteiger partial charge in [0.05, 0.1) is 7.11 Å². The second-order valence-corrected chi connectivity index (χ2v) is 10.2. The van der Waals surface area contributed by atoms with Gasteiger partial charge in [0.25, 0.3) is 0 Å². The van der Waals surface area contributed by atoms with E-state index < -0.39 is 10.0 Å². The molecule has 1 aromatic rings. The Kier molecular flexibility index (Phi) is 6.49. The van der Waals surface area contributed by atoms with Gasteiger partial charge in [0, 0.05) is 33.3 Å². The Hall–Kier alpha value is -2.12. The van der Waals surface area contributed by atoms with Crippen molar-refractivity contribution < 1.29 is 17.9 Å². The Morgan fingerprint density at radius 2 is 2.03 bits per heavy atom. The van der Waals surface area contributed by atoms with Crippen molar-refractivity contribution in [3.63, 3.8) is 0 Å². The molecule has 2 aliphatic rings. The first kappa shape index (κ1) is 21.6. The number of hydrogen-bond acceptors (Lipinski definition) is 4. The van der Waals surface area contributed by atoms with Crippen molar-refractivity contribution in [1.29, 1.82) is 0 Å². The predicted molar refractivity (Wildman–Crippen MR) is 114 cm³/mol. The molecule has 1 saturated heterocycles. The average molecular weight is 419 g/mol. The lowest BCUT2D eigenvalue weighted by Gasteiger charge is -2.43. The summed E-state index contributed by atoms with van der Waals surface area (Å²) in [7, 11) is 0.752. The van der Waals surface area contributed by atoms with Crippen molar-refractivity contribution in [3.05, 3.63) is 42.0 Å². The summed E-state index contributed by atoms with van der Waals surface area (Å²) in [5, 5.41) is 0. The molecule has 7 heteroatoms. The van der Waals surface area contributed by atoms with E-state index in [1.54, 1.807) is 30.4 Å². The molecule has 158 valence electrons. The quantitative estimate of drug-likeness (QED) is 0.544. The van der Waals surface area contributed by atoms with Gasteiger partial charge in [-0.3, -0.25) is 4.79 Å². The summed E-state index contributed by atoms with van der Waals surface area (Å²) in [4.78, 5) is 14.8. The number of likely N-dealkylation sites (tertiary alicyclic amines) is 1. The highest BCUT2D eigenvalue weighted by molar-refractivity contribution is 7.89. The Bertz CT molecular complexity index is 921. The van der Waals surface area contributed by atoms with Crippen molar-refractivity contribution >= 4 is 22.0 Å². The smallest absolute Gasteiger partial charge is 0.246 e. The fourth-order valence-corrected chi connectivity index (χ4v) is 5.26. The highest BCUT2D eigenvalue weighted by Gasteiger charge is 2.36. The van der Waals surface area contributed by atoms with Crippen LogP contribution in [0.1, 0.15) is 37.7 Å². The molecule has 1 amide bonds. The number of hydrogen-bond donors (Lipinski definition) is 0. The summed E-state index contributed by atoms with van der Waals surface area (Å²) in [5.74, 6) is 0.261. The maximum Gasteiger partial charge on any atom is 0.246 e. The van der Waals surface area contributed by atoms with E-state index in [9.17, 15) is 13.2 Å². The van der Waals surface area contributed by atoms with Crippen molar-refractivity contribution in [2.45, 2.75) is 37.0 Å². The summed E-state index contributed by atoms with van der Waals surface area (Å²) in [6.07, 6.45) is 13.2. The lowest BCUT2D eigenvalue weighted by atomic mass is 9.71. The Morgan fingerprint density at radius 3 is 2.69 bits per heavy atom. The molecule has 0 aromatic heterocycles. The summed E-state index contributed by atoms with van der Waals surface area (Å²) in [6, 6.07) is 4.91. The molecule has 1 heterocycles. The van der Waals surface area contributed by atoms with Gasteiger partial charge in [-0.15, -0.1) is 0 Å². The SMILES string of the molecule is COc1ccc(/C=C/C(=O)N2CCCC3(CC=CCC3)C2)cc1S(=O)(=O)N(C)C. The minimum Gasteiger partial charge on any atom is -0.495 e. The van der Waals surface area contributed by atoms with Crippen LogP contribution in [-0.2, 0) is 14.8 Å². The minimum absolute atomic E-state index is 0.0218. The van der Waals surface area contributed by atoms with E-state index in [2.05, 4.69) is 12.2 Å². The first-order valence-electron chi connectivity index (χ1n) is 10.00. The average Bonchev–Trinajstić information content (AvgIpc) is 2.72. The lowest BCUT2D eigenvalue weighted by molar-refractivity contribution is -0.129. The van der Waals surface area contributed by atoms with Crippen LogP contribution in [0.25, 0.3) is 6.08 Å². The van der Waals surface area contributed by atoms with E-state index in [0.717, 1.165) is 43.1 Å². The van der Waals surface area contributed by atoms with Crippen molar-refractivity contribution in [3.8, 4) is 5.75 Å². The third-order valence-corrected chi connectivity index (χ3v) is 7.73. The number of nitrogens with zero attached hydrogens (tertiary/aromatic N) is 2. The second kappa shape index (κ2) is 8.71. The van der Waals surface area contributed by atoms with E-state index in [1.807, 2.05) is 4.90 Å². The normalized spacial score (nSPS) is 22.6. The van der Waals surface area contributed by atoms with Gasteiger partial charge in [-0.25, -0.2) is 12.7 Å². The number of benzene rings is 1. The predicted octanol–water partition coefficient (Wildman–Crippen LogP) is 3.31. The molecule has 1 unspecified atom stereocenters. The van der Waals surface area contributed by atoms with Gasteiger partial charge in [0.1, 0.15) is 10.6 Å². The second-order valence-electron chi connectivity index (χ2n) is 8.11. The number of piperidine rings is 1. The molecule has 0 bridgehead atoms. The van der Waals surface area contributed by atoms with E-state index in [4.69, 9.17) is 4.74 Å².